The van der Waals surface area contributed by atoms with Crippen molar-refractivity contribution >= 4 is 119 Å². The number of hydrogen-bond acceptors (Lipinski definition) is 16. The number of phenols is 2. The second-order valence-corrected chi connectivity index (χ2v) is 20.0. The Morgan fingerprint density at radius 3 is 1.81 bits per heavy atom. The second-order valence-electron chi connectivity index (χ2n) is 15.8. The molecule has 9 aromatic carbocycles. The van der Waals surface area contributed by atoms with E-state index in [4.69, 9.17) is 0 Å². The SMILES string of the molecule is Cc1cc(N=Nc2ccc(N=Nc3ccc4cc(-n5nc6ccc7c(S(=O)(=O)O)cc(S(=O)(=O)O)cc7c6n5)ccc4c3O)c3cc(S(=O)(=O)O)ccc23)ccc1N=Nc1ccc2cccc(O)c2c1. The lowest BCUT2D eigenvalue weighted by molar-refractivity contribution is 0.479. The molecule has 0 aliphatic heterocycles. The van der Waals surface area contributed by atoms with Crippen LogP contribution in [-0.4, -0.2) is 64.1 Å². The van der Waals surface area contributed by atoms with E-state index in [1.807, 2.05) is 19.1 Å². The van der Waals surface area contributed by atoms with Crippen LogP contribution < -0.4 is 0 Å². The number of rotatable bonds is 10. The van der Waals surface area contributed by atoms with E-state index in [9.17, 15) is 49.1 Å². The van der Waals surface area contributed by atoms with Crippen LogP contribution in [0.5, 0.6) is 11.5 Å². The number of phenolic OH excluding ortho intramolecular Hbond substituents is 2. The Bertz CT molecular complexity index is 4330. The van der Waals surface area contributed by atoms with Crippen molar-refractivity contribution in [1.82, 2.24) is 15.0 Å². The summed E-state index contributed by atoms with van der Waals surface area (Å²) in [6, 6.07) is 35.1. The van der Waals surface area contributed by atoms with Gasteiger partial charge in [0, 0.05) is 32.3 Å². The van der Waals surface area contributed by atoms with Crippen LogP contribution in [0.4, 0.5) is 34.1 Å². The minimum Gasteiger partial charge on any atom is -0.507 e. The first-order valence-electron chi connectivity index (χ1n) is 20.5. The first-order valence-corrected chi connectivity index (χ1v) is 24.8. The van der Waals surface area contributed by atoms with Crippen LogP contribution in [0, 0.1) is 6.92 Å². The fraction of sp³-hybridized carbons (Fsp3) is 0.0213. The Morgan fingerprint density at radius 1 is 0.457 bits per heavy atom. The predicted molar refractivity (Wildman–Crippen MR) is 258 cm³/mol. The molecule has 0 atom stereocenters. The van der Waals surface area contributed by atoms with Gasteiger partial charge in [-0.15, -0.1) is 25.5 Å². The topological polar surface area (TPSA) is 308 Å². The average molecular weight is 994 g/mol. The van der Waals surface area contributed by atoms with Gasteiger partial charge in [-0.3, -0.25) is 13.7 Å². The van der Waals surface area contributed by atoms with Gasteiger partial charge in [-0.2, -0.15) is 45.4 Å². The lowest BCUT2D eigenvalue weighted by Gasteiger charge is -2.08. The van der Waals surface area contributed by atoms with E-state index in [0.29, 0.717) is 56.0 Å². The van der Waals surface area contributed by atoms with Crippen molar-refractivity contribution in [1.29, 1.82) is 0 Å². The highest BCUT2D eigenvalue weighted by molar-refractivity contribution is 7.87. The number of benzene rings is 9. The highest BCUT2D eigenvalue weighted by Gasteiger charge is 2.23. The van der Waals surface area contributed by atoms with Crippen LogP contribution in [0.25, 0.3) is 59.8 Å². The smallest absolute Gasteiger partial charge is 0.295 e. The van der Waals surface area contributed by atoms with Gasteiger partial charge in [0.05, 0.1) is 43.9 Å². The molecule has 10 aromatic rings. The Labute approximate surface area is 395 Å². The van der Waals surface area contributed by atoms with Crippen molar-refractivity contribution < 1.29 is 49.1 Å². The molecule has 0 amide bonds. The summed E-state index contributed by atoms with van der Waals surface area (Å²) >= 11 is 0. The van der Waals surface area contributed by atoms with Gasteiger partial charge in [0.15, 0.2) is 5.75 Å². The number of azo groups is 3. The minimum atomic E-state index is -4.94. The largest absolute Gasteiger partial charge is 0.507 e. The minimum absolute atomic E-state index is 0.0274. The van der Waals surface area contributed by atoms with Crippen LogP contribution in [0.1, 0.15) is 5.56 Å². The van der Waals surface area contributed by atoms with Crippen molar-refractivity contribution in [2.75, 3.05) is 0 Å². The number of fused-ring (bicyclic) bond motifs is 6. The van der Waals surface area contributed by atoms with Gasteiger partial charge in [0.25, 0.3) is 30.4 Å². The standard InChI is InChI=1S/C47H31N9O11S3/c1-25-19-28(8-15-39(25)50-49-29-7-5-26-3-2-4-44(57)36(26)21-29)48-51-40-17-18-41(37-22-31(68(59,60)61)10-12-34(37)40)52-53-43-14-6-27-20-30(9-11-33(27)47(43)58)56-54-42-16-13-35-38(46(42)55-56)23-32(69(62,63)64)24-45(35)70(65,66)67/h2-24,57-58H,1H3,(H,59,60,61)(H,62,63,64)(H,65,66,67). The zero-order valence-corrected chi connectivity index (χ0v) is 38.2. The molecule has 0 saturated heterocycles. The number of hydrogen-bond donors (Lipinski definition) is 5. The number of aromatic nitrogens is 3. The lowest BCUT2D eigenvalue weighted by atomic mass is 10.1. The molecule has 0 saturated carbocycles. The third-order valence-corrected chi connectivity index (χ3v) is 13.8. The van der Waals surface area contributed by atoms with Gasteiger partial charge in [-0.1, -0.05) is 36.4 Å². The van der Waals surface area contributed by atoms with Gasteiger partial charge in [-0.25, -0.2) is 0 Å². The molecule has 348 valence electrons. The maximum absolute atomic E-state index is 12.2. The lowest BCUT2D eigenvalue weighted by Crippen LogP contribution is -2.04. The van der Waals surface area contributed by atoms with Crippen LogP contribution in [0.3, 0.4) is 0 Å². The zero-order valence-electron chi connectivity index (χ0n) is 35.7. The summed E-state index contributed by atoms with van der Waals surface area (Å²) in [6.45, 7) is 1.84. The quantitative estimate of drug-likeness (QED) is 0.0629. The average Bonchev–Trinajstić information content (AvgIpc) is 3.77. The highest BCUT2D eigenvalue weighted by Crippen LogP contribution is 2.41. The molecular weight excluding hydrogens is 963 g/mol. The number of aromatic hydroxyl groups is 2. The van der Waals surface area contributed by atoms with Crippen LogP contribution in [0.2, 0.25) is 0 Å². The molecule has 10 rings (SSSR count). The third kappa shape index (κ3) is 8.66. The second kappa shape index (κ2) is 17.0. The normalized spacial score (nSPS) is 12.9. The number of nitrogens with zero attached hydrogens (tertiary/aromatic N) is 9. The maximum Gasteiger partial charge on any atom is 0.295 e. The molecular formula is C47H31N9O11S3. The van der Waals surface area contributed by atoms with Gasteiger partial charge in [0.1, 0.15) is 27.4 Å². The predicted octanol–water partition coefficient (Wildman–Crippen LogP) is 11.7. The summed E-state index contributed by atoms with van der Waals surface area (Å²) in [6.07, 6.45) is 0. The van der Waals surface area contributed by atoms with E-state index in [0.717, 1.165) is 17.0 Å². The summed E-state index contributed by atoms with van der Waals surface area (Å²) in [5, 5.41) is 59.6. The summed E-state index contributed by atoms with van der Waals surface area (Å²) in [5.74, 6) is -0.125. The molecule has 23 heteroatoms. The Morgan fingerprint density at radius 2 is 1.07 bits per heavy atom. The maximum atomic E-state index is 12.2. The van der Waals surface area contributed by atoms with Gasteiger partial charge in [-0.05, 0) is 126 Å². The zero-order chi connectivity index (χ0) is 49.3. The van der Waals surface area contributed by atoms with Gasteiger partial charge in [0.2, 0.25) is 0 Å². The molecule has 0 bridgehead atoms. The molecule has 0 spiro atoms. The first-order chi connectivity index (χ1) is 33.3. The molecule has 70 heavy (non-hydrogen) atoms. The molecule has 1 aromatic heterocycles. The fourth-order valence-corrected chi connectivity index (χ4v) is 9.65. The van der Waals surface area contributed by atoms with Gasteiger partial charge < -0.3 is 10.2 Å². The van der Waals surface area contributed by atoms with E-state index >= 15 is 0 Å². The molecule has 0 radical (unpaired) electrons. The number of aryl methyl sites for hydroxylation is 1. The third-order valence-electron chi connectivity index (χ3n) is 11.3. The Kier molecular flexibility index (Phi) is 11.0. The molecule has 0 unspecified atom stereocenters. The molecule has 5 N–H and O–H groups in total. The highest BCUT2D eigenvalue weighted by atomic mass is 32.2. The van der Waals surface area contributed by atoms with Crippen molar-refractivity contribution in [3.05, 3.63) is 145 Å². The van der Waals surface area contributed by atoms with Crippen LogP contribution in [0.15, 0.2) is 185 Å². The molecule has 0 fully saturated rings. The molecule has 0 aliphatic rings. The van der Waals surface area contributed by atoms with Crippen LogP contribution in [-0.2, 0) is 30.4 Å². The van der Waals surface area contributed by atoms with E-state index < -0.39 is 45.0 Å². The van der Waals surface area contributed by atoms with Gasteiger partial charge >= 0.3 is 0 Å². The monoisotopic (exact) mass is 993 g/mol. The van der Waals surface area contributed by atoms with Crippen molar-refractivity contribution in [3.8, 4) is 17.2 Å². The van der Waals surface area contributed by atoms with E-state index in [2.05, 4.69) is 40.9 Å². The molecule has 20 nitrogen and oxygen atoms in total. The van der Waals surface area contributed by atoms with Crippen molar-refractivity contribution in [2.45, 2.75) is 21.6 Å². The van der Waals surface area contributed by atoms with E-state index in [1.54, 1.807) is 72.8 Å². The van der Waals surface area contributed by atoms with E-state index in [1.165, 1.54) is 47.3 Å². The summed E-state index contributed by atoms with van der Waals surface area (Å²) < 4.78 is 102. The first kappa shape index (κ1) is 45.3. The Hall–Kier alpha value is -8.45. The van der Waals surface area contributed by atoms with Crippen molar-refractivity contribution in [2.24, 2.45) is 30.7 Å². The fourth-order valence-electron chi connectivity index (χ4n) is 7.81. The van der Waals surface area contributed by atoms with E-state index in [-0.39, 0.29) is 50.1 Å². The Balaban J connectivity index is 0.936. The summed E-state index contributed by atoms with van der Waals surface area (Å²) in [5.41, 5.74) is 3.55. The summed E-state index contributed by atoms with van der Waals surface area (Å²) in [7, 11) is -14.5. The van der Waals surface area contributed by atoms with Crippen LogP contribution >= 0.6 is 0 Å². The summed E-state index contributed by atoms with van der Waals surface area (Å²) in [4.78, 5) is -0.745. The molecule has 1 heterocycles. The molecule has 0 aliphatic carbocycles. The van der Waals surface area contributed by atoms with Crippen molar-refractivity contribution in [3.63, 3.8) is 0 Å².